The number of nitrogens with zero attached hydrogens (tertiary/aromatic N) is 1. The average Bonchev–Trinajstić information content (AvgIpc) is 2.25. The Morgan fingerprint density at radius 1 is 1.32 bits per heavy atom. The number of hydrogen-bond acceptors (Lipinski definition) is 3. The minimum Gasteiger partial charge on any atom is -0.478 e. The van der Waals surface area contributed by atoms with Gasteiger partial charge in [-0.25, -0.2) is 9.59 Å². The van der Waals surface area contributed by atoms with Crippen molar-refractivity contribution in [2.24, 2.45) is 0 Å². The first kappa shape index (κ1) is 14.8. The highest BCUT2D eigenvalue weighted by atomic mass is 16.4. The van der Waals surface area contributed by atoms with E-state index in [2.05, 4.69) is 5.32 Å². The van der Waals surface area contributed by atoms with E-state index < -0.39 is 11.5 Å². The molecule has 0 unspecified atom stereocenters. The topological polar surface area (TPSA) is 95.7 Å². The predicted molar refractivity (Wildman–Crippen MR) is 74.5 cm³/mol. The number of nitrogens with one attached hydrogen (secondary N) is 1. The van der Waals surface area contributed by atoms with Crippen LogP contribution in [-0.2, 0) is 0 Å². The van der Waals surface area contributed by atoms with Crippen LogP contribution in [-0.4, -0.2) is 29.7 Å². The van der Waals surface area contributed by atoms with Crippen LogP contribution in [0.15, 0.2) is 18.2 Å². The number of carboxylic acids is 1. The van der Waals surface area contributed by atoms with E-state index in [1.807, 2.05) is 20.8 Å². The molecule has 104 valence electrons. The fourth-order valence-electron chi connectivity index (χ4n) is 1.53. The molecular weight excluding hydrogens is 246 g/mol. The summed E-state index contributed by atoms with van der Waals surface area (Å²) in [6.07, 6.45) is 0. The van der Waals surface area contributed by atoms with Gasteiger partial charge in [0.1, 0.15) is 0 Å². The summed E-state index contributed by atoms with van der Waals surface area (Å²) in [4.78, 5) is 24.4. The molecule has 2 amide bonds. The highest BCUT2D eigenvalue weighted by Gasteiger charge is 2.21. The zero-order valence-corrected chi connectivity index (χ0v) is 11.5. The van der Waals surface area contributed by atoms with Crippen LogP contribution in [0.1, 0.15) is 31.1 Å². The van der Waals surface area contributed by atoms with E-state index in [0.29, 0.717) is 11.4 Å². The van der Waals surface area contributed by atoms with Crippen LogP contribution < -0.4 is 16.0 Å². The molecule has 0 spiro atoms. The lowest BCUT2D eigenvalue weighted by Gasteiger charge is -2.26. The van der Waals surface area contributed by atoms with Crippen molar-refractivity contribution in [3.8, 4) is 0 Å². The number of urea groups is 1. The first-order valence-corrected chi connectivity index (χ1v) is 5.80. The zero-order valence-electron chi connectivity index (χ0n) is 11.5. The molecule has 0 heterocycles. The molecule has 0 aliphatic heterocycles. The van der Waals surface area contributed by atoms with E-state index in [-0.39, 0.29) is 11.6 Å². The van der Waals surface area contributed by atoms with Crippen molar-refractivity contribution in [3.63, 3.8) is 0 Å². The summed E-state index contributed by atoms with van der Waals surface area (Å²) in [6, 6.07) is 4.03. The molecule has 0 bridgehead atoms. The first-order valence-electron chi connectivity index (χ1n) is 5.80. The lowest BCUT2D eigenvalue weighted by molar-refractivity contribution is 0.0698. The van der Waals surface area contributed by atoms with Crippen molar-refractivity contribution in [2.75, 3.05) is 17.7 Å². The van der Waals surface area contributed by atoms with E-state index in [4.69, 9.17) is 10.8 Å². The normalized spacial score (nSPS) is 10.9. The second kappa shape index (κ2) is 5.17. The number of nitrogen functional groups attached to an aromatic ring is 1. The molecule has 0 fully saturated rings. The Hall–Kier alpha value is -2.24. The van der Waals surface area contributed by atoms with E-state index >= 15 is 0 Å². The van der Waals surface area contributed by atoms with Gasteiger partial charge in [-0.3, -0.25) is 4.90 Å². The van der Waals surface area contributed by atoms with Crippen molar-refractivity contribution >= 4 is 23.4 Å². The zero-order chi connectivity index (χ0) is 14.8. The second-order valence-corrected chi connectivity index (χ2v) is 5.32. The number of anilines is 2. The van der Waals surface area contributed by atoms with Crippen molar-refractivity contribution < 1.29 is 14.7 Å². The number of hydrogen-bond donors (Lipinski definition) is 3. The van der Waals surface area contributed by atoms with Gasteiger partial charge in [-0.2, -0.15) is 0 Å². The van der Waals surface area contributed by atoms with Crippen LogP contribution in [0, 0.1) is 0 Å². The van der Waals surface area contributed by atoms with Gasteiger partial charge in [0.15, 0.2) is 0 Å². The third-order valence-electron chi connectivity index (χ3n) is 2.40. The Kier molecular flexibility index (Phi) is 4.04. The van der Waals surface area contributed by atoms with Gasteiger partial charge < -0.3 is 16.2 Å². The van der Waals surface area contributed by atoms with Crippen LogP contribution in [0.3, 0.4) is 0 Å². The van der Waals surface area contributed by atoms with Gasteiger partial charge in [0.25, 0.3) is 0 Å². The molecule has 19 heavy (non-hydrogen) atoms. The predicted octanol–water partition coefficient (Wildman–Crippen LogP) is 1.91. The van der Waals surface area contributed by atoms with Gasteiger partial charge in [0.2, 0.25) is 0 Å². The van der Waals surface area contributed by atoms with Gasteiger partial charge >= 0.3 is 12.0 Å². The summed E-state index contributed by atoms with van der Waals surface area (Å²) in [5, 5.41) is 11.9. The summed E-state index contributed by atoms with van der Waals surface area (Å²) in [5.74, 6) is -1.13. The minimum absolute atomic E-state index is 0.00782. The lowest BCUT2D eigenvalue weighted by atomic mass is 10.1. The van der Waals surface area contributed by atoms with Crippen LogP contribution in [0.4, 0.5) is 16.2 Å². The van der Waals surface area contributed by atoms with Gasteiger partial charge in [-0.05, 0) is 39.0 Å². The number of amides is 2. The molecule has 6 nitrogen and oxygen atoms in total. The number of carbonyl (C=O) groups excluding carboxylic acids is 1. The monoisotopic (exact) mass is 265 g/mol. The van der Waals surface area contributed by atoms with Gasteiger partial charge in [0, 0.05) is 18.3 Å². The van der Waals surface area contributed by atoms with E-state index in [0.717, 1.165) is 0 Å². The summed E-state index contributed by atoms with van der Waals surface area (Å²) < 4.78 is 0. The molecule has 4 N–H and O–H groups in total. The Bertz CT molecular complexity index is 506. The van der Waals surface area contributed by atoms with Crippen LogP contribution in [0.25, 0.3) is 0 Å². The van der Waals surface area contributed by atoms with Gasteiger partial charge in [0.05, 0.1) is 11.3 Å². The number of carboxylic acid groups (broad SMARTS) is 1. The Morgan fingerprint density at radius 2 is 1.89 bits per heavy atom. The molecular formula is C13H19N3O3. The lowest BCUT2D eigenvalue weighted by Crippen LogP contribution is -2.47. The standard InChI is InChI=1S/C13H19N3O3/c1-13(2,3)15-12(19)16(4)10-6-5-8(14)7-9(10)11(17)18/h5-7H,14H2,1-4H3,(H,15,19)(H,17,18). The second-order valence-electron chi connectivity index (χ2n) is 5.32. The molecule has 0 atom stereocenters. The van der Waals surface area contributed by atoms with Crippen molar-refractivity contribution in [3.05, 3.63) is 23.8 Å². The maximum atomic E-state index is 12.0. The Morgan fingerprint density at radius 3 is 2.37 bits per heavy atom. The number of carbonyl (C=O) groups is 2. The van der Waals surface area contributed by atoms with E-state index in [9.17, 15) is 9.59 Å². The van der Waals surface area contributed by atoms with Crippen LogP contribution in [0.2, 0.25) is 0 Å². The van der Waals surface area contributed by atoms with Gasteiger partial charge in [-0.1, -0.05) is 0 Å². The number of rotatable bonds is 2. The van der Waals surface area contributed by atoms with Crippen molar-refractivity contribution in [1.82, 2.24) is 5.32 Å². The SMILES string of the molecule is CN(C(=O)NC(C)(C)C)c1ccc(N)cc1C(=O)O. The van der Waals surface area contributed by atoms with E-state index in [1.54, 1.807) is 6.07 Å². The third-order valence-corrected chi connectivity index (χ3v) is 2.40. The van der Waals surface area contributed by atoms with Crippen LogP contribution >= 0.6 is 0 Å². The summed E-state index contributed by atoms with van der Waals surface area (Å²) >= 11 is 0. The molecule has 0 aromatic heterocycles. The van der Waals surface area contributed by atoms with E-state index in [1.165, 1.54) is 24.1 Å². The molecule has 6 heteroatoms. The average molecular weight is 265 g/mol. The number of benzene rings is 1. The highest BCUT2D eigenvalue weighted by Crippen LogP contribution is 2.22. The fraction of sp³-hybridized carbons (Fsp3) is 0.385. The molecule has 0 radical (unpaired) electrons. The number of aromatic carboxylic acids is 1. The molecule has 0 aliphatic carbocycles. The van der Waals surface area contributed by atoms with Crippen LogP contribution in [0.5, 0.6) is 0 Å². The quantitative estimate of drug-likeness (QED) is 0.712. The molecule has 1 aromatic rings. The molecule has 0 saturated carbocycles. The molecule has 1 aromatic carbocycles. The maximum Gasteiger partial charge on any atom is 0.337 e. The summed E-state index contributed by atoms with van der Waals surface area (Å²) in [7, 11) is 1.51. The fourth-order valence-corrected chi connectivity index (χ4v) is 1.53. The molecule has 0 aliphatic rings. The Balaban J connectivity index is 3.09. The smallest absolute Gasteiger partial charge is 0.337 e. The van der Waals surface area contributed by atoms with Crippen molar-refractivity contribution in [1.29, 1.82) is 0 Å². The summed E-state index contributed by atoms with van der Waals surface area (Å²) in [5.41, 5.74) is 5.79. The minimum atomic E-state index is -1.13. The van der Waals surface area contributed by atoms with Gasteiger partial charge in [-0.15, -0.1) is 0 Å². The highest BCUT2D eigenvalue weighted by molar-refractivity contribution is 6.01. The first-order chi connectivity index (χ1) is 8.61. The maximum absolute atomic E-state index is 12.0. The summed E-state index contributed by atoms with van der Waals surface area (Å²) in [6.45, 7) is 5.54. The third kappa shape index (κ3) is 3.87. The number of nitrogens with two attached hydrogens (primary N) is 1. The molecule has 1 rings (SSSR count). The molecule has 0 saturated heterocycles. The van der Waals surface area contributed by atoms with Crippen molar-refractivity contribution in [2.45, 2.75) is 26.3 Å². The Labute approximate surface area is 112 Å². The largest absolute Gasteiger partial charge is 0.478 e.